The number of hydrogen-bond acceptors (Lipinski definition) is 3. The molecule has 0 spiro atoms. The number of carbonyl (C=O) groups is 1. The van der Waals surface area contributed by atoms with Crippen molar-refractivity contribution in [1.82, 2.24) is 0 Å². The highest BCUT2D eigenvalue weighted by Crippen LogP contribution is 2.33. The summed E-state index contributed by atoms with van der Waals surface area (Å²) in [7, 11) is 0. The van der Waals surface area contributed by atoms with E-state index in [0.717, 1.165) is 0 Å². The monoisotopic (exact) mass is 238 g/mol. The van der Waals surface area contributed by atoms with Crippen LogP contribution in [0.15, 0.2) is 24.3 Å². The van der Waals surface area contributed by atoms with Gasteiger partial charge in [-0.2, -0.15) is 0 Å². The van der Waals surface area contributed by atoms with Crippen molar-refractivity contribution >= 4 is 5.97 Å². The summed E-state index contributed by atoms with van der Waals surface area (Å²) in [6.45, 7) is 5.97. The van der Waals surface area contributed by atoms with Crippen LogP contribution in [-0.2, 0) is 15.1 Å². The van der Waals surface area contributed by atoms with Crippen molar-refractivity contribution < 1.29 is 19.4 Å². The lowest BCUT2D eigenvalue weighted by Crippen LogP contribution is -2.36. The van der Waals surface area contributed by atoms with Crippen LogP contribution in [0.25, 0.3) is 0 Å². The first-order valence-electron chi connectivity index (χ1n) is 5.65. The third-order valence-corrected chi connectivity index (χ3v) is 2.54. The molecule has 0 fully saturated rings. The molecule has 0 aromatic heterocycles. The highest BCUT2D eigenvalue weighted by atomic mass is 16.5. The van der Waals surface area contributed by atoms with E-state index in [0.29, 0.717) is 24.5 Å². The van der Waals surface area contributed by atoms with Crippen molar-refractivity contribution in [3.8, 4) is 5.75 Å². The van der Waals surface area contributed by atoms with Gasteiger partial charge in [0, 0.05) is 12.2 Å². The van der Waals surface area contributed by atoms with E-state index in [1.54, 1.807) is 25.1 Å². The molecule has 0 amide bonds. The normalized spacial score (nSPS) is 14.1. The predicted octanol–water partition coefficient (Wildman–Crippen LogP) is 2.42. The number of carboxylic acids is 1. The average molecular weight is 238 g/mol. The fraction of sp³-hybridized carbons (Fsp3) is 0.462. The lowest BCUT2D eigenvalue weighted by Gasteiger charge is -2.27. The molecule has 0 radical (unpaired) electrons. The van der Waals surface area contributed by atoms with Gasteiger partial charge in [-0.1, -0.05) is 18.2 Å². The SMILES string of the molecule is CCOc1ccccc1C(C)(OCC)C(=O)O. The van der Waals surface area contributed by atoms with Gasteiger partial charge in [0.25, 0.3) is 0 Å². The summed E-state index contributed by atoms with van der Waals surface area (Å²) in [6, 6.07) is 7.05. The Morgan fingerprint density at radius 1 is 1.29 bits per heavy atom. The number of carboxylic acid groups (broad SMARTS) is 1. The molecule has 0 aliphatic heterocycles. The third-order valence-electron chi connectivity index (χ3n) is 2.54. The Hall–Kier alpha value is -1.55. The second kappa shape index (κ2) is 5.68. The van der Waals surface area contributed by atoms with Crippen molar-refractivity contribution in [3.63, 3.8) is 0 Å². The summed E-state index contributed by atoms with van der Waals surface area (Å²) in [5, 5.41) is 9.33. The quantitative estimate of drug-likeness (QED) is 0.827. The van der Waals surface area contributed by atoms with E-state index in [9.17, 15) is 9.90 Å². The van der Waals surface area contributed by atoms with Crippen molar-refractivity contribution in [3.05, 3.63) is 29.8 Å². The molecule has 1 aromatic rings. The molecule has 1 aromatic carbocycles. The summed E-state index contributed by atoms with van der Waals surface area (Å²) in [5.74, 6) is -0.472. The number of aliphatic carboxylic acids is 1. The average Bonchev–Trinajstić information content (AvgIpc) is 2.30. The van der Waals surface area contributed by atoms with Crippen LogP contribution in [-0.4, -0.2) is 24.3 Å². The van der Waals surface area contributed by atoms with Gasteiger partial charge in [0.05, 0.1) is 6.61 Å². The summed E-state index contributed by atoms with van der Waals surface area (Å²) < 4.78 is 10.8. The molecule has 17 heavy (non-hydrogen) atoms. The zero-order chi connectivity index (χ0) is 12.9. The minimum absolute atomic E-state index is 0.323. The number of ether oxygens (including phenoxy) is 2. The largest absolute Gasteiger partial charge is 0.493 e. The molecule has 1 rings (SSSR count). The fourth-order valence-corrected chi connectivity index (χ4v) is 1.69. The van der Waals surface area contributed by atoms with Gasteiger partial charge in [0.15, 0.2) is 5.60 Å². The van der Waals surface area contributed by atoms with Gasteiger partial charge in [0.2, 0.25) is 0 Å². The van der Waals surface area contributed by atoms with E-state index >= 15 is 0 Å². The molecule has 0 aliphatic rings. The Kier molecular flexibility index (Phi) is 4.52. The second-order valence-corrected chi connectivity index (χ2v) is 3.70. The number of benzene rings is 1. The van der Waals surface area contributed by atoms with Crippen molar-refractivity contribution in [2.75, 3.05) is 13.2 Å². The molecular formula is C13H18O4. The molecule has 0 heterocycles. The Balaban J connectivity index is 3.22. The molecule has 1 N–H and O–H groups in total. The lowest BCUT2D eigenvalue weighted by atomic mass is 9.95. The minimum atomic E-state index is -1.37. The predicted molar refractivity (Wildman–Crippen MR) is 64.2 cm³/mol. The lowest BCUT2D eigenvalue weighted by molar-refractivity contribution is -0.164. The van der Waals surface area contributed by atoms with Crippen LogP contribution in [0.2, 0.25) is 0 Å². The third kappa shape index (κ3) is 2.77. The zero-order valence-electron chi connectivity index (χ0n) is 10.4. The van der Waals surface area contributed by atoms with Crippen LogP contribution in [0.1, 0.15) is 26.3 Å². The molecule has 4 heteroatoms. The van der Waals surface area contributed by atoms with Gasteiger partial charge in [-0.05, 0) is 26.8 Å². The molecule has 0 saturated heterocycles. The number of hydrogen-bond donors (Lipinski definition) is 1. The molecule has 0 bridgehead atoms. The number of rotatable bonds is 6. The molecule has 4 nitrogen and oxygen atoms in total. The summed E-state index contributed by atoms with van der Waals surface area (Å²) in [4.78, 5) is 11.4. The van der Waals surface area contributed by atoms with E-state index in [4.69, 9.17) is 9.47 Å². The van der Waals surface area contributed by atoms with Gasteiger partial charge in [-0.25, -0.2) is 4.79 Å². The van der Waals surface area contributed by atoms with E-state index in [-0.39, 0.29) is 0 Å². The summed E-state index contributed by atoms with van der Waals surface area (Å²) in [5.41, 5.74) is -0.836. The molecule has 0 aliphatic carbocycles. The van der Waals surface area contributed by atoms with Gasteiger partial charge in [-0.15, -0.1) is 0 Å². The Labute approximate surface area is 101 Å². The van der Waals surface area contributed by atoms with Gasteiger partial charge in [-0.3, -0.25) is 0 Å². The van der Waals surface area contributed by atoms with Crippen LogP contribution in [0.5, 0.6) is 5.75 Å². The first kappa shape index (κ1) is 13.5. The topological polar surface area (TPSA) is 55.8 Å². The Bertz CT molecular complexity index is 389. The van der Waals surface area contributed by atoms with Gasteiger partial charge < -0.3 is 14.6 Å². The standard InChI is InChI=1S/C13H18O4/c1-4-16-11-9-7-6-8-10(11)13(3,12(14)15)17-5-2/h6-9H,4-5H2,1-3H3,(H,14,15). The van der Waals surface area contributed by atoms with Gasteiger partial charge in [0.1, 0.15) is 5.75 Å². The first-order valence-corrected chi connectivity index (χ1v) is 5.65. The summed E-state index contributed by atoms with van der Waals surface area (Å²) >= 11 is 0. The number of para-hydroxylation sites is 1. The van der Waals surface area contributed by atoms with Crippen LogP contribution in [0.4, 0.5) is 0 Å². The molecule has 0 saturated carbocycles. The maximum absolute atomic E-state index is 11.4. The van der Waals surface area contributed by atoms with E-state index < -0.39 is 11.6 Å². The van der Waals surface area contributed by atoms with E-state index in [2.05, 4.69) is 0 Å². The zero-order valence-corrected chi connectivity index (χ0v) is 10.4. The highest BCUT2D eigenvalue weighted by molar-refractivity contribution is 5.80. The van der Waals surface area contributed by atoms with Crippen LogP contribution in [0, 0.1) is 0 Å². The van der Waals surface area contributed by atoms with E-state index in [1.807, 2.05) is 13.0 Å². The Morgan fingerprint density at radius 3 is 2.47 bits per heavy atom. The highest BCUT2D eigenvalue weighted by Gasteiger charge is 2.38. The molecule has 1 atom stereocenters. The minimum Gasteiger partial charge on any atom is -0.493 e. The van der Waals surface area contributed by atoms with Crippen molar-refractivity contribution in [1.29, 1.82) is 0 Å². The van der Waals surface area contributed by atoms with Crippen molar-refractivity contribution in [2.45, 2.75) is 26.4 Å². The maximum atomic E-state index is 11.4. The smallest absolute Gasteiger partial charge is 0.340 e. The Morgan fingerprint density at radius 2 is 1.94 bits per heavy atom. The molecular weight excluding hydrogens is 220 g/mol. The summed E-state index contributed by atoms with van der Waals surface area (Å²) in [6.07, 6.45) is 0. The van der Waals surface area contributed by atoms with Crippen LogP contribution < -0.4 is 4.74 Å². The first-order chi connectivity index (χ1) is 8.06. The van der Waals surface area contributed by atoms with Crippen LogP contribution in [0.3, 0.4) is 0 Å². The van der Waals surface area contributed by atoms with Gasteiger partial charge >= 0.3 is 5.97 Å². The van der Waals surface area contributed by atoms with Crippen molar-refractivity contribution in [2.24, 2.45) is 0 Å². The second-order valence-electron chi connectivity index (χ2n) is 3.70. The molecule has 94 valence electrons. The fourth-order valence-electron chi connectivity index (χ4n) is 1.69. The van der Waals surface area contributed by atoms with E-state index in [1.165, 1.54) is 6.92 Å². The molecule has 1 unspecified atom stereocenters. The maximum Gasteiger partial charge on any atom is 0.340 e. The van der Waals surface area contributed by atoms with Crippen LogP contribution >= 0.6 is 0 Å².